The summed E-state index contributed by atoms with van der Waals surface area (Å²) >= 11 is 1.65. The topological polar surface area (TPSA) is 58.5 Å². The molecule has 136 valence electrons. The number of hydrogen-bond donors (Lipinski definition) is 2. The van der Waals surface area contributed by atoms with Crippen LogP contribution < -0.4 is 15.4 Å². The second kappa shape index (κ2) is 9.93. The number of aliphatic imine (C=N–C) groups is 1. The fourth-order valence-electron chi connectivity index (χ4n) is 2.00. The Balaban J connectivity index is 1.81. The summed E-state index contributed by atoms with van der Waals surface area (Å²) in [7, 11) is 0. The van der Waals surface area contributed by atoms with E-state index in [2.05, 4.69) is 27.5 Å². The molecule has 25 heavy (non-hydrogen) atoms. The van der Waals surface area contributed by atoms with Gasteiger partial charge in [0.25, 0.3) is 0 Å². The monoisotopic (exact) mass is 368 g/mol. The van der Waals surface area contributed by atoms with Gasteiger partial charge in [0.2, 0.25) is 0 Å². The maximum Gasteiger partial charge on any atom is 0.191 e. The molecule has 1 heterocycles. The van der Waals surface area contributed by atoms with Crippen molar-refractivity contribution >= 4 is 17.3 Å². The minimum Gasteiger partial charge on any atom is -0.489 e. The third kappa shape index (κ3) is 6.30. The van der Waals surface area contributed by atoms with E-state index in [1.54, 1.807) is 11.3 Å². The van der Waals surface area contributed by atoms with Gasteiger partial charge in [-0.15, -0.1) is 11.3 Å². The third-order valence-electron chi connectivity index (χ3n) is 3.21. The Labute approximate surface area is 150 Å². The normalized spacial score (nSPS) is 11.4. The number of halogens is 2. The van der Waals surface area contributed by atoms with Crippen LogP contribution in [0.25, 0.3) is 0 Å². The van der Waals surface area contributed by atoms with E-state index in [1.807, 2.05) is 13.1 Å². The molecule has 1 aromatic carbocycles. The lowest BCUT2D eigenvalue weighted by atomic mass is 10.3. The molecular formula is C17H22F2N4OS. The molecule has 8 heteroatoms. The van der Waals surface area contributed by atoms with Crippen molar-refractivity contribution in [3.8, 4) is 5.75 Å². The average molecular weight is 368 g/mol. The van der Waals surface area contributed by atoms with Crippen molar-refractivity contribution in [3.63, 3.8) is 0 Å². The quantitative estimate of drug-likeness (QED) is 0.427. The molecule has 0 amide bonds. The third-order valence-corrected chi connectivity index (χ3v) is 4.34. The van der Waals surface area contributed by atoms with Gasteiger partial charge in [-0.05, 0) is 25.5 Å². The minimum absolute atomic E-state index is 0.0278. The Morgan fingerprint density at radius 1 is 1.28 bits per heavy atom. The number of nitrogens with one attached hydrogen (secondary N) is 2. The van der Waals surface area contributed by atoms with Gasteiger partial charge in [0, 0.05) is 23.7 Å². The van der Waals surface area contributed by atoms with Crippen LogP contribution in [0.1, 0.15) is 23.7 Å². The Kier molecular flexibility index (Phi) is 7.59. The van der Waals surface area contributed by atoms with E-state index in [-0.39, 0.29) is 12.4 Å². The number of aryl methyl sites for hydroxylation is 1. The predicted molar refractivity (Wildman–Crippen MR) is 96.2 cm³/mol. The highest BCUT2D eigenvalue weighted by atomic mass is 32.1. The van der Waals surface area contributed by atoms with Crippen molar-refractivity contribution in [2.24, 2.45) is 4.99 Å². The number of ether oxygens (including phenoxy) is 1. The molecule has 0 aliphatic rings. The number of guanidine groups is 1. The van der Waals surface area contributed by atoms with Crippen LogP contribution in [0.3, 0.4) is 0 Å². The fourth-order valence-corrected chi connectivity index (χ4v) is 2.78. The van der Waals surface area contributed by atoms with Crippen LogP contribution in [0.4, 0.5) is 8.78 Å². The SMILES string of the molecule is CCNC(=NCc1ncc(CC)s1)NCCOc1ccc(F)cc1F. The van der Waals surface area contributed by atoms with Gasteiger partial charge in [-0.2, -0.15) is 0 Å². The lowest BCUT2D eigenvalue weighted by molar-refractivity contribution is 0.304. The highest BCUT2D eigenvalue weighted by molar-refractivity contribution is 7.11. The Morgan fingerprint density at radius 3 is 2.80 bits per heavy atom. The summed E-state index contributed by atoms with van der Waals surface area (Å²) in [6.07, 6.45) is 2.85. The summed E-state index contributed by atoms with van der Waals surface area (Å²) in [5.41, 5.74) is 0. The van der Waals surface area contributed by atoms with Crippen LogP contribution in [0, 0.1) is 11.6 Å². The van der Waals surface area contributed by atoms with Gasteiger partial charge in [0.1, 0.15) is 17.4 Å². The van der Waals surface area contributed by atoms with E-state index in [9.17, 15) is 8.78 Å². The molecule has 0 saturated heterocycles. The molecule has 1 aromatic heterocycles. The minimum atomic E-state index is -0.712. The first-order chi connectivity index (χ1) is 12.1. The van der Waals surface area contributed by atoms with E-state index in [4.69, 9.17) is 4.74 Å². The molecule has 2 rings (SSSR count). The summed E-state index contributed by atoms with van der Waals surface area (Å²) in [4.78, 5) is 10.0. The summed E-state index contributed by atoms with van der Waals surface area (Å²) in [5, 5.41) is 7.19. The smallest absolute Gasteiger partial charge is 0.191 e. The maximum atomic E-state index is 13.5. The maximum absolute atomic E-state index is 13.5. The molecule has 2 aromatic rings. The van der Waals surface area contributed by atoms with Crippen LogP contribution in [0.2, 0.25) is 0 Å². The van der Waals surface area contributed by atoms with Gasteiger partial charge in [-0.3, -0.25) is 0 Å². The van der Waals surface area contributed by atoms with Crippen molar-refractivity contribution in [1.29, 1.82) is 0 Å². The standard InChI is InChI=1S/C17H22F2N4OS/c1-3-13-10-22-16(25-13)11-23-17(20-4-2)21-7-8-24-15-6-5-12(18)9-14(15)19/h5-6,9-10H,3-4,7-8,11H2,1-2H3,(H2,20,21,23). The molecule has 0 fully saturated rings. The van der Waals surface area contributed by atoms with Gasteiger partial charge >= 0.3 is 0 Å². The Morgan fingerprint density at radius 2 is 2.12 bits per heavy atom. The van der Waals surface area contributed by atoms with E-state index in [1.165, 1.54) is 10.9 Å². The Hall–Kier alpha value is -2.22. The summed E-state index contributed by atoms with van der Waals surface area (Å²) in [6.45, 7) is 5.94. The number of aromatic nitrogens is 1. The summed E-state index contributed by atoms with van der Waals surface area (Å²) < 4.78 is 31.6. The molecule has 0 spiro atoms. The number of rotatable bonds is 8. The van der Waals surface area contributed by atoms with Crippen molar-refractivity contribution in [2.45, 2.75) is 26.8 Å². The van der Waals surface area contributed by atoms with Gasteiger partial charge in [0.05, 0.1) is 13.1 Å². The van der Waals surface area contributed by atoms with Crippen LogP contribution in [0.15, 0.2) is 29.4 Å². The number of benzene rings is 1. The molecule has 0 saturated carbocycles. The van der Waals surface area contributed by atoms with Crippen LogP contribution >= 0.6 is 11.3 Å². The van der Waals surface area contributed by atoms with Crippen LogP contribution in [-0.2, 0) is 13.0 Å². The zero-order chi connectivity index (χ0) is 18.1. The van der Waals surface area contributed by atoms with Gasteiger partial charge in [-0.25, -0.2) is 18.8 Å². The van der Waals surface area contributed by atoms with E-state index >= 15 is 0 Å². The molecule has 2 N–H and O–H groups in total. The predicted octanol–water partition coefficient (Wildman–Crippen LogP) is 3.12. The molecular weight excluding hydrogens is 346 g/mol. The summed E-state index contributed by atoms with van der Waals surface area (Å²) in [6, 6.07) is 3.24. The highest BCUT2D eigenvalue weighted by Crippen LogP contribution is 2.17. The molecule has 0 aliphatic carbocycles. The number of thiazole rings is 1. The molecule has 0 aliphatic heterocycles. The number of nitrogens with zero attached hydrogens (tertiary/aromatic N) is 2. The molecule has 0 radical (unpaired) electrons. The van der Waals surface area contributed by atoms with Crippen molar-refractivity contribution < 1.29 is 13.5 Å². The van der Waals surface area contributed by atoms with Crippen molar-refractivity contribution in [2.75, 3.05) is 19.7 Å². The lowest BCUT2D eigenvalue weighted by Gasteiger charge is -2.12. The van der Waals surface area contributed by atoms with Gasteiger partial charge in [0.15, 0.2) is 17.5 Å². The zero-order valence-electron chi connectivity index (χ0n) is 14.3. The molecule has 0 atom stereocenters. The second-order valence-electron chi connectivity index (χ2n) is 5.12. The molecule has 0 bridgehead atoms. The van der Waals surface area contributed by atoms with E-state index in [0.717, 1.165) is 30.1 Å². The first-order valence-corrected chi connectivity index (χ1v) is 8.97. The first kappa shape index (κ1) is 19.1. The Bertz CT molecular complexity index is 706. The average Bonchev–Trinajstić information content (AvgIpc) is 3.06. The molecule has 5 nitrogen and oxygen atoms in total. The summed E-state index contributed by atoms with van der Waals surface area (Å²) in [5.74, 6) is -0.673. The van der Waals surface area contributed by atoms with E-state index < -0.39 is 11.6 Å². The van der Waals surface area contributed by atoms with Gasteiger partial charge in [-0.1, -0.05) is 6.92 Å². The van der Waals surface area contributed by atoms with E-state index in [0.29, 0.717) is 19.0 Å². The van der Waals surface area contributed by atoms with Crippen molar-refractivity contribution in [1.82, 2.24) is 15.6 Å². The second-order valence-corrected chi connectivity index (χ2v) is 6.32. The largest absolute Gasteiger partial charge is 0.489 e. The van der Waals surface area contributed by atoms with Gasteiger partial charge < -0.3 is 15.4 Å². The first-order valence-electron chi connectivity index (χ1n) is 8.16. The zero-order valence-corrected chi connectivity index (χ0v) is 15.1. The number of hydrogen-bond acceptors (Lipinski definition) is 4. The highest BCUT2D eigenvalue weighted by Gasteiger charge is 2.05. The van der Waals surface area contributed by atoms with Crippen LogP contribution in [0.5, 0.6) is 5.75 Å². The fraction of sp³-hybridized carbons (Fsp3) is 0.412. The van der Waals surface area contributed by atoms with Crippen LogP contribution in [-0.4, -0.2) is 30.6 Å². The lowest BCUT2D eigenvalue weighted by Crippen LogP contribution is -2.39. The van der Waals surface area contributed by atoms with Crippen molar-refractivity contribution in [3.05, 3.63) is 45.9 Å². The molecule has 0 unspecified atom stereocenters.